The molecule has 0 aliphatic carbocycles. The van der Waals surface area contributed by atoms with Crippen LogP contribution in [0.1, 0.15) is 12.7 Å². The van der Waals surface area contributed by atoms with Gasteiger partial charge < -0.3 is 20.1 Å². The lowest BCUT2D eigenvalue weighted by molar-refractivity contribution is -0.138. The van der Waals surface area contributed by atoms with E-state index in [1.165, 1.54) is 11.8 Å². The number of nitrogens with one attached hydrogen (secondary N) is 2. The van der Waals surface area contributed by atoms with Crippen LogP contribution in [0, 0.1) is 0 Å². The summed E-state index contributed by atoms with van der Waals surface area (Å²) in [6.07, 6.45) is 0. The van der Waals surface area contributed by atoms with Gasteiger partial charge in [0.25, 0.3) is 0 Å². The molecule has 0 saturated heterocycles. The summed E-state index contributed by atoms with van der Waals surface area (Å²) in [6.45, 7) is 2.22. The molecule has 34 heavy (non-hydrogen) atoms. The Morgan fingerprint density at radius 1 is 1.15 bits per heavy atom. The number of amides is 2. The molecular weight excluding hydrogens is 478 g/mol. The van der Waals surface area contributed by atoms with Crippen LogP contribution in [0.25, 0.3) is 5.69 Å². The van der Waals surface area contributed by atoms with Gasteiger partial charge in [0.15, 0.2) is 11.0 Å². The van der Waals surface area contributed by atoms with Crippen LogP contribution in [0.5, 0.6) is 5.75 Å². The Morgan fingerprint density at radius 2 is 1.91 bits per heavy atom. The molecule has 1 aliphatic heterocycles. The number of para-hydroxylation sites is 2. The average molecular weight is 500 g/mol. The molecule has 0 bridgehead atoms. The number of rotatable bonds is 9. The minimum Gasteiger partial charge on any atom is -0.484 e. The summed E-state index contributed by atoms with van der Waals surface area (Å²) in [5.74, 6) is 0.937. The van der Waals surface area contributed by atoms with E-state index < -0.39 is 5.97 Å². The highest BCUT2D eigenvalue weighted by atomic mass is 35.5. The molecule has 9 nitrogen and oxygen atoms in total. The van der Waals surface area contributed by atoms with E-state index in [1.807, 2.05) is 47.0 Å². The highest BCUT2D eigenvalue weighted by Gasteiger charge is 2.25. The number of aromatic nitrogens is 3. The second kappa shape index (κ2) is 11.1. The first-order valence-corrected chi connectivity index (χ1v) is 11.9. The minimum absolute atomic E-state index is 0.100. The van der Waals surface area contributed by atoms with Crippen molar-refractivity contribution in [2.24, 2.45) is 0 Å². The fourth-order valence-corrected chi connectivity index (χ4v) is 4.38. The Morgan fingerprint density at radius 3 is 2.68 bits per heavy atom. The van der Waals surface area contributed by atoms with Gasteiger partial charge in [-0.3, -0.25) is 4.57 Å². The monoisotopic (exact) mass is 499 g/mol. The van der Waals surface area contributed by atoms with Gasteiger partial charge in [-0.1, -0.05) is 53.7 Å². The van der Waals surface area contributed by atoms with Gasteiger partial charge in [-0.2, -0.15) is 0 Å². The summed E-state index contributed by atoms with van der Waals surface area (Å²) >= 11 is 7.54. The number of thioether (sulfide) groups is 1. The van der Waals surface area contributed by atoms with Crippen LogP contribution in [0.3, 0.4) is 0 Å². The van der Waals surface area contributed by atoms with Crippen LogP contribution in [0.2, 0.25) is 5.02 Å². The van der Waals surface area contributed by atoms with Gasteiger partial charge in [0.05, 0.1) is 23.7 Å². The predicted molar refractivity (Wildman–Crippen MR) is 128 cm³/mol. The molecule has 0 atom stereocenters. The van der Waals surface area contributed by atoms with Crippen molar-refractivity contribution < 1.29 is 19.1 Å². The highest BCUT2D eigenvalue weighted by molar-refractivity contribution is 7.99. The molecule has 3 aromatic rings. The van der Waals surface area contributed by atoms with E-state index in [0.29, 0.717) is 33.0 Å². The Hall–Kier alpha value is -3.50. The molecular formula is C23H22ClN5O4S. The third-order valence-corrected chi connectivity index (χ3v) is 6.10. The molecule has 0 radical (unpaired) electrons. The maximum atomic E-state index is 12.3. The molecule has 2 aromatic carbocycles. The molecule has 176 valence electrons. The number of nitrogens with zero attached hydrogens (tertiary/aromatic N) is 3. The van der Waals surface area contributed by atoms with E-state index in [-0.39, 0.29) is 31.5 Å². The van der Waals surface area contributed by atoms with Crippen molar-refractivity contribution in [3.05, 3.63) is 76.7 Å². The number of benzene rings is 2. The van der Waals surface area contributed by atoms with Gasteiger partial charge in [-0.05, 0) is 31.2 Å². The molecule has 0 spiro atoms. The fraction of sp³-hybridized carbons (Fsp3) is 0.217. The van der Waals surface area contributed by atoms with Crippen molar-refractivity contribution in [1.29, 1.82) is 0 Å². The van der Waals surface area contributed by atoms with E-state index in [1.54, 1.807) is 19.1 Å². The second-order valence-electron chi connectivity index (χ2n) is 7.06. The number of carbonyl (C=O) groups is 2. The van der Waals surface area contributed by atoms with Gasteiger partial charge >= 0.3 is 12.0 Å². The van der Waals surface area contributed by atoms with Crippen molar-refractivity contribution in [2.75, 3.05) is 18.9 Å². The summed E-state index contributed by atoms with van der Waals surface area (Å²) in [7, 11) is 0. The number of ether oxygens (including phenoxy) is 2. The van der Waals surface area contributed by atoms with Crippen molar-refractivity contribution in [3.8, 4) is 11.4 Å². The third-order valence-electron chi connectivity index (χ3n) is 4.83. The van der Waals surface area contributed by atoms with E-state index in [9.17, 15) is 9.59 Å². The molecule has 2 amide bonds. The lowest BCUT2D eigenvalue weighted by Gasteiger charge is -2.21. The van der Waals surface area contributed by atoms with Crippen LogP contribution in [0.15, 0.2) is 71.0 Å². The zero-order valence-electron chi connectivity index (χ0n) is 18.3. The van der Waals surface area contributed by atoms with Crippen LogP contribution < -0.4 is 15.4 Å². The first-order chi connectivity index (χ1) is 16.6. The van der Waals surface area contributed by atoms with Gasteiger partial charge in [0, 0.05) is 17.1 Å². The Labute approximate surface area is 205 Å². The van der Waals surface area contributed by atoms with Crippen molar-refractivity contribution in [1.82, 2.24) is 25.4 Å². The highest BCUT2D eigenvalue weighted by Crippen LogP contribution is 2.27. The van der Waals surface area contributed by atoms with Crippen LogP contribution in [-0.4, -0.2) is 45.7 Å². The molecule has 11 heteroatoms. The Bertz CT molecular complexity index is 1220. The zero-order valence-corrected chi connectivity index (χ0v) is 19.9. The summed E-state index contributed by atoms with van der Waals surface area (Å²) in [6, 6.07) is 16.4. The van der Waals surface area contributed by atoms with Crippen molar-refractivity contribution in [3.63, 3.8) is 0 Å². The van der Waals surface area contributed by atoms with Crippen LogP contribution in [0.4, 0.5) is 4.79 Å². The van der Waals surface area contributed by atoms with Crippen LogP contribution >= 0.6 is 23.4 Å². The zero-order chi connectivity index (χ0) is 23.9. The predicted octanol–water partition coefficient (Wildman–Crippen LogP) is 3.72. The number of carbonyl (C=O) groups excluding carboxylic acids is 2. The number of urea groups is 1. The molecule has 0 unspecified atom stereocenters. The molecule has 0 saturated carbocycles. The number of hydrogen-bond donors (Lipinski definition) is 2. The average Bonchev–Trinajstić information content (AvgIpc) is 3.25. The molecule has 0 fully saturated rings. The van der Waals surface area contributed by atoms with Gasteiger partial charge in [-0.15, -0.1) is 10.2 Å². The van der Waals surface area contributed by atoms with E-state index >= 15 is 0 Å². The lowest BCUT2D eigenvalue weighted by atomic mass is 10.2. The minimum atomic E-state index is -0.469. The second-order valence-corrected chi connectivity index (χ2v) is 8.41. The van der Waals surface area contributed by atoms with Gasteiger partial charge in [0.1, 0.15) is 12.4 Å². The largest absolute Gasteiger partial charge is 0.484 e. The van der Waals surface area contributed by atoms with Crippen LogP contribution in [-0.2, 0) is 16.1 Å². The Balaban J connectivity index is 1.59. The smallest absolute Gasteiger partial charge is 0.337 e. The summed E-state index contributed by atoms with van der Waals surface area (Å²) < 4.78 is 12.9. The van der Waals surface area contributed by atoms with Gasteiger partial charge in [0.2, 0.25) is 0 Å². The first-order valence-electron chi connectivity index (χ1n) is 10.5. The molecule has 1 aliphatic rings. The van der Waals surface area contributed by atoms with Crippen molar-refractivity contribution in [2.45, 2.75) is 18.7 Å². The van der Waals surface area contributed by atoms with E-state index in [0.717, 1.165) is 5.69 Å². The number of esters is 1. The number of halogens is 1. The SMILES string of the molecule is CCOC(=O)C1=C(CSc2nnc(COc3ccccc3Cl)n2-c2ccccc2)NC(=O)NC1. The first kappa shape index (κ1) is 23.7. The van der Waals surface area contributed by atoms with Crippen molar-refractivity contribution >= 4 is 35.4 Å². The fourth-order valence-electron chi connectivity index (χ4n) is 3.23. The normalized spacial score (nSPS) is 13.3. The summed E-state index contributed by atoms with van der Waals surface area (Å²) in [5, 5.41) is 15.0. The molecule has 2 heterocycles. The maximum Gasteiger partial charge on any atom is 0.337 e. The summed E-state index contributed by atoms with van der Waals surface area (Å²) in [4.78, 5) is 24.2. The van der Waals surface area contributed by atoms with E-state index in [4.69, 9.17) is 21.1 Å². The number of hydrogen-bond acceptors (Lipinski definition) is 7. The molecule has 4 rings (SSSR count). The molecule has 2 N–H and O–H groups in total. The van der Waals surface area contributed by atoms with E-state index in [2.05, 4.69) is 20.8 Å². The topological polar surface area (TPSA) is 107 Å². The van der Waals surface area contributed by atoms with Gasteiger partial charge in [-0.25, -0.2) is 9.59 Å². The lowest BCUT2D eigenvalue weighted by Crippen LogP contribution is -2.44. The Kier molecular flexibility index (Phi) is 7.71. The summed E-state index contributed by atoms with van der Waals surface area (Å²) in [5.41, 5.74) is 1.70. The quantitative estimate of drug-likeness (QED) is 0.341. The standard InChI is InChI=1S/C23H22ClN5O4S/c1-2-32-21(30)16-12-25-22(31)26-18(16)14-34-23-28-27-20(29(23)15-8-4-3-5-9-15)13-33-19-11-7-6-10-17(19)24/h3-11H,2,12-14H2,1H3,(H2,25,26,31). The third kappa shape index (κ3) is 5.52. The molecule has 1 aromatic heterocycles. The maximum absolute atomic E-state index is 12.3.